The Bertz CT molecular complexity index is 589. The van der Waals surface area contributed by atoms with Crippen LogP contribution in [0.5, 0.6) is 5.75 Å². The highest BCUT2D eigenvalue weighted by molar-refractivity contribution is 9.11. The molecule has 1 N–H and O–H groups in total. The maximum absolute atomic E-state index is 5.84. The van der Waals surface area contributed by atoms with Crippen LogP contribution in [0, 0.1) is 6.92 Å². The number of aryl methyl sites for hydroxylation is 1. The van der Waals surface area contributed by atoms with Crippen molar-refractivity contribution in [2.45, 2.75) is 20.1 Å². The van der Waals surface area contributed by atoms with Crippen LogP contribution in [0.15, 0.2) is 21.1 Å². The van der Waals surface area contributed by atoms with Gasteiger partial charge in [0.1, 0.15) is 18.2 Å². The highest BCUT2D eigenvalue weighted by atomic mass is 79.9. The van der Waals surface area contributed by atoms with Crippen molar-refractivity contribution in [2.75, 3.05) is 7.05 Å². The average molecular weight is 404 g/mol. The third kappa shape index (κ3) is 3.39. The first-order chi connectivity index (χ1) is 9.52. The van der Waals surface area contributed by atoms with Crippen molar-refractivity contribution in [3.63, 3.8) is 0 Å². The highest BCUT2D eigenvalue weighted by Gasteiger charge is 2.11. The largest absolute Gasteiger partial charge is 0.483 e. The SMILES string of the molecule is CNCc1cc(Br)c(OCc2nnc(C)n2C)c(Br)c1. The first-order valence-corrected chi connectivity index (χ1v) is 7.71. The summed E-state index contributed by atoms with van der Waals surface area (Å²) < 4.78 is 9.58. The van der Waals surface area contributed by atoms with E-state index in [0.29, 0.717) is 6.61 Å². The lowest BCUT2D eigenvalue weighted by Gasteiger charge is -2.12. The third-order valence-electron chi connectivity index (χ3n) is 2.97. The minimum Gasteiger partial charge on any atom is -0.483 e. The van der Waals surface area contributed by atoms with Crippen molar-refractivity contribution in [3.05, 3.63) is 38.3 Å². The van der Waals surface area contributed by atoms with E-state index in [9.17, 15) is 0 Å². The van der Waals surface area contributed by atoms with Gasteiger partial charge in [0.25, 0.3) is 0 Å². The fraction of sp³-hybridized carbons (Fsp3) is 0.385. The van der Waals surface area contributed by atoms with Gasteiger partial charge >= 0.3 is 0 Å². The summed E-state index contributed by atoms with van der Waals surface area (Å²) in [7, 11) is 3.84. The van der Waals surface area contributed by atoms with E-state index in [0.717, 1.165) is 32.9 Å². The summed E-state index contributed by atoms with van der Waals surface area (Å²) in [5.41, 5.74) is 1.17. The number of hydrogen-bond acceptors (Lipinski definition) is 4. The molecule has 0 aliphatic rings. The molecule has 20 heavy (non-hydrogen) atoms. The lowest BCUT2D eigenvalue weighted by Crippen LogP contribution is -2.07. The zero-order valence-corrected chi connectivity index (χ0v) is 14.7. The molecule has 0 fully saturated rings. The van der Waals surface area contributed by atoms with E-state index in [2.05, 4.69) is 47.4 Å². The zero-order chi connectivity index (χ0) is 14.7. The molecule has 0 radical (unpaired) electrons. The normalized spacial score (nSPS) is 10.8. The molecule has 0 saturated carbocycles. The highest BCUT2D eigenvalue weighted by Crippen LogP contribution is 2.35. The molecule has 0 amide bonds. The summed E-state index contributed by atoms with van der Waals surface area (Å²) in [5.74, 6) is 2.43. The van der Waals surface area contributed by atoms with Gasteiger partial charge in [-0.1, -0.05) is 0 Å². The molecule has 1 heterocycles. The first-order valence-electron chi connectivity index (χ1n) is 6.13. The molecule has 0 aliphatic carbocycles. The lowest BCUT2D eigenvalue weighted by molar-refractivity contribution is 0.287. The Morgan fingerprint density at radius 1 is 1.25 bits per heavy atom. The molecule has 2 rings (SSSR count). The van der Waals surface area contributed by atoms with Crippen LogP contribution >= 0.6 is 31.9 Å². The van der Waals surface area contributed by atoms with Crippen molar-refractivity contribution >= 4 is 31.9 Å². The van der Waals surface area contributed by atoms with Crippen molar-refractivity contribution in [1.82, 2.24) is 20.1 Å². The summed E-state index contributed by atoms with van der Waals surface area (Å²) in [6.07, 6.45) is 0. The molecule has 0 bridgehead atoms. The number of nitrogens with zero attached hydrogens (tertiary/aromatic N) is 3. The molecule has 7 heteroatoms. The molecule has 0 atom stereocenters. The van der Waals surface area contributed by atoms with Gasteiger partial charge in [-0.2, -0.15) is 0 Å². The van der Waals surface area contributed by atoms with E-state index in [1.165, 1.54) is 5.56 Å². The van der Waals surface area contributed by atoms with E-state index < -0.39 is 0 Å². The van der Waals surface area contributed by atoms with Gasteiger partial charge in [-0.25, -0.2) is 0 Å². The van der Waals surface area contributed by atoms with Crippen LogP contribution in [-0.2, 0) is 20.2 Å². The lowest BCUT2D eigenvalue weighted by atomic mass is 10.2. The van der Waals surface area contributed by atoms with Crippen LogP contribution in [0.25, 0.3) is 0 Å². The standard InChI is InChI=1S/C13H16Br2N4O/c1-8-17-18-12(19(8)3)7-20-13-10(14)4-9(6-16-2)5-11(13)15/h4-5,16H,6-7H2,1-3H3. The van der Waals surface area contributed by atoms with Gasteiger partial charge in [0.2, 0.25) is 0 Å². The van der Waals surface area contributed by atoms with E-state index in [-0.39, 0.29) is 0 Å². The van der Waals surface area contributed by atoms with E-state index >= 15 is 0 Å². The first kappa shape index (κ1) is 15.5. The number of ether oxygens (including phenoxy) is 1. The van der Waals surface area contributed by atoms with Gasteiger partial charge in [-0.15, -0.1) is 10.2 Å². The Balaban J connectivity index is 2.15. The van der Waals surface area contributed by atoms with E-state index in [1.807, 2.05) is 37.7 Å². The summed E-state index contributed by atoms with van der Waals surface area (Å²) in [6.45, 7) is 3.09. The number of nitrogens with one attached hydrogen (secondary N) is 1. The number of halogens is 2. The van der Waals surface area contributed by atoms with E-state index in [1.54, 1.807) is 0 Å². The minimum atomic E-state index is 0.375. The fourth-order valence-electron chi connectivity index (χ4n) is 1.77. The Kier molecular flexibility index (Phi) is 5.17. The van der Waals surface area contributed by atoms with E-state index in [4.69, 9.17) is 4.74 Å². The predicted octanol–water partition coefficient (Wildman–Crippen LogP) is 2.95. The van der Waals surface area contributed by atoms with Gasteiger partial charge in [0.05, 0.1) is 8.95 Å². The van der Waals surface area contributed by atoms with Crippen molar-refractivity contribution < 1.29 is 4.74 Å². The second-order valence-corrected chi connectivity index (χ2v) is 6.14. The number of rotatable bonds is 5. The van der Waals surface area contributed by atoms with Crippen LogP contribution in [-0.4, -0.2) is 21.8 Å². The topological polar surface area (TPSA) is 52.0 Å². The minimum absolute atomic E-state index is 0.375. The van der Waals surface area contributed by atoms with Gasteiger partial charge in [0.15, 0.2) is 5.82 Å². The molecule has 0 unspecified atom stereocenters. The summed E-state index contributed by atoms with van der Waals surface area (Å²) in [5, 5.41) is 11.2. The molecule has 1 aromatic heterocycles. The van der Waals surface area contributed by atoms with Crippen LogP contribution in [0.1, 0.15) is 17.2 Å². The number of hydrogen-bond donors (Lipinski definition) is 1. The summed E-state index contributed by atoms with van der Waals surface area (Å²) in [6, 6.07) is 4.08. The van der Waals surface area contributed by atoms with Crippen LogP contribution < -0.4 is 10.1 Å². The van der Waals surface area contributed by atoms with Crippen molar-refractivity contribution in [3.8, 4) is 5.75 Å². The van der Waals surface area contributed by atoms with Gasteiger partial charge in [-0.05, 0) is 63.5 Å². The maximum atomic E-state index is 5.84. The molecule has 0 saturated heterocycles. The van der Waals surface area contributed by atoms with Gasteiger partial charge in [0, 0.05) is 13.6 Å². The van der Waals surface area contributed by atoms with Crippen LogP contribution in [0.2, 0.25) is 0 Å². The second kappa shape index (κ2) is 6.69. The molecule has 5 nitrogen and oxygen atoms in total. The summed E-state index contributed by atoms with van der Waals surface area (Å²) in [4.78, 5) is 0. The summed E-state index contributed by atoms with van der Waals surface area (Å²) >= 11 is 7.08. The smallest absolute Gasteiger partial charge is 0.170 e. The molecular formula is C13H16Br2N4O. The third-order valence-corrected chi connectivity index (χ3v) is 4.15. The molecule has 108 valence electrons. The van der Waals surface area contributed by atoms with Gasteiger partial charge in [-0.3, -0.25) is 0 Å². The molecule has 1 aromatic carbocycles. The Morgan fingerprint density at radius 3 is 2.40 bits per heavy atom. The maximum Gasteiger partial charge on any atom is 0.170 e. The van der Waals surface area contributed by atoms with Crippen molar-refractivity contribution in [2.24, 2.45) is 7.05 Å². The van der Waals surface area contributed by atoms with Crippen LogP contribution in [0.4, 0.5) is 0 Å². The Hall–Kier alpha value is -0.920. The number of benzene rings is 1. The molecule has 0 spiro atoms. The predicted molar refractivity (Wildman–Crippen MR) is 84.7 cm³/mol. The monoisotopic (exact) mass is 402 g/mol. The second-order valence-electron chi connectivity index (χ2n) is 4.43. The molecule has 2 aromatic rings. The molecular weight excluding hydrogens is 388 g/mol. The Labute approximate surface area is 135 Å². The average Bonchev–Trinajstić information content (AvgIpc) is 2.70. The Morgan fingerprint density at radius 2 is 1.90 bits per heavy atom. The van der Waals surface area contributed by atoms with Crippen molar-refractivity contribution in [1.29, 1.82) is 0 Å². The zero-order valence-electron chi connectivity index (χ0n) is 11.6. The van der Waals surface area contributed by atoms with Gasteiger partial charge < -0.3 is 14.6 Å². The molecule has 0 aliphatic heterocycles. The number of aromatic nitrogens is 3. The fourth-order valence-corrected chi connectivity index (χ4v) is 3.28. The van der Waals surface area contributed by atoms with Crippen LogP contribution in [0.3, 0.4) is 0 Å². The quantitative estimate of drug-likeness (QED) is 0.833.